The van der Waals surface area contributed by atoms with Gasteiger partial charge >= 0.3 is 0 Å². The second-order valence-electron chi connectivity index (χ2n) is 3.67. The monoisotopic (exact) mass is 252 g/mol. The van der Waals surface area contributed by atoms with Crippen LogP contribution in [0.5, 0.6) is 11.6 Å². The standard InChI is InChI=1S/C13H8N4O2/c18-7-9-3-1-2-4-10(9)19-13-11-12(16-8-17-13)15-6-5-14-11/h1-8H. The SMILES string of the molecule is O=Cc1ccccc1Oc1ncnc2nccnc12. The molecular formula is C13H8N4O2. The molecule has 0 aliphatic carbocycles. The van der Waals surface area contributed by atoms with Gasteiger partial charge in [-0.05, 0) is 12.1 Å². The van der Waals surface area contributed by atoms with Crippen LogP contribution in [0.2, 0.25) is 0 Å². The molecule has 6 nitrogen and oxygen atoms in total. The van der Waals surface area contributed by atoms with Crippen molar-refractivity contribution in [3.8, 4) is 11.6 Å². The van der Waals surface area contributed by atoms with Gasteiger partial charge in [0, 0.05) is 12.4 Å². The summed E-state index contributed by atoms with van der Waals surface area (Å²) < 4.78 is 5.63. The van der Waals surface area contributed by atoms with Gasteiger partial charge in [0.25, 0.3) is 5.88 Å². The van der Waals surface area contributed by atoms with E-state index in [9.17, 15) is 4.79 Å². The number of ether oxygens (including phenoxy) is 1. The van der Waals surface area contributed by atoms with E-state index in [0.29, 0.717) is 22.5 Å². The van der Waals surface area contributed by atoms with Crippen LogP contribution in [0.15, 0.2) is 43.0 Å². The predicted molar refractivity (Wildman–Crippen MR) is 67.0 cm³/mol. The lowest BCUT2D eigenvalue weighted by molar-refractivity contribution is 0.112. The lowest BCUT2D eigenvalue weighted by Crippen LogP contribution is -1.96. The van der Waals surface area contributed by atoms with E-state index in [2.05, 4.69) is 19.9 Å². The second kappa shape index (κ2) is 4.77. The molecule has 0 atom stereocenters. The van der Waals surface area contributed by atoms with Crippen molar-refractivity contribution >= 4 is 17.5 Å². The minimum atomic E-state index is 0.271. The van der Waals surface area contributed by atoms with Gasteiger partial charge in [-0.2, -0.15) is 4.98 Å². The molecule has 2 heterocycles. The quantitative estimate of drug-likeness (QED) is 0.663. The number of hydrogen-bond donors (Lipinski definition) is 0. The number of para-hydroxylation sites is 1. The largest absolute Gasteiger partial charge is 0.436 e. The van der Waals surface area contributed by atoms with Crippen molar-refractivity contribution in [3.05, 3.63) is 48.5 Å². The fourth-order valence-corrected chi connectivity index (χ4v) is 1.62. The molecule has 19 heavy (non-hydrogen) atoms. The number of nitrogens with zero attached hydrogens (tertiary/aromatic N) is 4. The lowest BCUT2D eigenvalue weighted by atomic mass is 10.2. The topological polar surface area (TPSA) is 77.9 Å². The number of fused-ring (bicyclic) bond motifs is 1. The van der Waals surface area contributed by atoms with E-state index in [1.54, 1.807) is 30.5 Å². The van der Waals surface area contributed by atoms with Gasteiger partial charge in [0.2, 0.25) is 0 Å². The van der Waals surface area contributed by atoms with Gasteiger partial charge in [-0.1, -0.05) is 12.1 Å². The highest BCUT2D eigenvalue weighted by atomic mass is 16.5. The van der Waals surface area contributed by atoms with Crippen molar-refractivity contribution in [3.63, 3.8) is 0 Å². The van der Waals surface area contributed by atoms with Crippen LogP contribution in [0.4, 0.5) is 0 Å². The van der Waals surface area contributed by atoms with E-state index >= 15 is 0 Å². The van der Waals surface area contributed by atoms with Crippen molar-refractivity contribution in [2.24, 2.45) is 0 Å². The van der Waals surface area contributed by atoms with Gasteiger partial charge in [-0.3, -0.25) is 4.79 Å². The molecule has 0 N–H and O–H groups in total. The smallest absolute Gasteiger partial charge is 0.250 e. The molecule has 0 saturated heterocycles. The summed E-state index contributed by atoms with van der Waals surface area (Å²) in [5.41, 5.74) is 1.33. The molecule has 92 valence electrons. The van der Waals surface area contributed by atoms with Crippen molar-refractivity contribution in [1.82, 2.24) is 19.9 Å². The van der Waals surface area contributed by atoms with Crippen LogP contribution < -0.4 is 4.74 Å². The summed E-state index contributed by atoms with van der Waals surface area (Å²) >= 11 is 0. The molecule has 3 aromatic rings. The van der Waals surface area contributed by atoms with Crippen LogP contribution in [-0.2, 0) is 0 Å². The first kappa shape index (κ1) is 11.2. The van der Waals surface area contributed by atoms with Crippen LogP contribution in [0.25, 0.3) is 11.2 Å². The lowest BCUT2D eigenvalue weighted by Gasteiger charge is -2.07. The molecule has 0 spiro atoms. The summed E-state index contributed by atoms with van der Waals surface area (Å²) in [6.07, 6.45) is 5.14. The minimum Gasteiger partial charge on any atom is -0.436 e. The summed E-state index contributed by atoms with van der Waals surface area (Å²) in [5.74, 6) is 0.690. The van der Waals surface area contributed by atoms with Gasteiger partial charge < -0.3 is 4.74 Å². The molecule has 0 unspecified atom stereocenters. The zero-order valence-corrected chi connectivity index (χ0v) is 9.72. The number of benzene rings is 1. The first-order valence-electron chi connectivity index (χ1n) is 5.52. The highest BCUT2D eigenvalue weighted by molar-refractivity contribution is 5.80. The minimum absolute atomic E-state index is 0.271. The molecule has 1 aromatic carbocycles. The Labute approximate surface area is 108 Å². The summed E-state index contributed by atoms with van der Waals surface area (Å²) in [5, 5.41) is 0. The Kier molecular flexibility index (Phi) is 2.82. The van der Waals surface area contributed by atoms with Gasteiger partial charge in [-0.15, -0.1) is 0 Å². The average Bonchev–Trinajstić information content (AvgIpc) is 2.48. The highest BCUT2D eigenvalue weighted by Gasteiger charge is 2.10. The van der Waals surface area contributed by atoms with Crippen molar-refractivity contribution < 1.29 is 9.53 Å². The zero-order valence-electron chi connectivity index (χ0n) is 9.72. The number of aldehydes is 1. The van der Waals surface area contributed by atoms with E-state index in [1.807, 2.05) is 0 Å². The first-order chi connectivity index (χ1) is 9.38. The van der Waals surface area contributed by atoms with Gasteiger partial charge in [0.15, 0.2) is 17.5 Å². The third-order valence-corrected chi connectivity index (χ3v) is 2.49. The Balaban J connectivity index is 2.08. The normalized spacial score (nSPS) is 10.3. The average molecular weight is 252 g/mol. The Bertz CT molecular complexity index is 740. The number of carbonyl (C=O) groups is 1. The second-order valence-corrected chi connectivity index (χ2v) is 3.67. The predicted octanol–water partition coefficient (Wildman–Crippen LogP) is 2.02. The summed E-state index contributed by atoms with van der Waals surface area (Å²) in [6.45, 7) is 0. The molecule has 0 saturated carbocycles. The number of hydrogen-bond acceptors (Lipinski definition) is 6. The maximum atomic E-state index is 10.9. The molecule has 0 amide bonds. The van der Waals surface area contributed by atoms with Gasteiger partial charge in [0.1, 0.15) is 12.1 Å². The summed E-state index contributed by atoms with van der Waals surface area (Å²) in [6, 6.07) is 6.89. The first-order valence-corrected chi connectivity index (χ1v) is 5.52. The molecular weight excluding hydrogens is 244 g/mol. The molecule has 0 aliphatic heterocycles. The van der Waals surface area contributed by atoms with Crippen molar-refractivity contribution in [2.75, 3.05) is 0 Å². The van der Waals surface area contributed by atoms with Crippen LogP contribution in [-0.4, -0.2) is 26.2 Å². The maximum absolute atomic E-state index is 10.9. The molecule has 0 radical (unpaired) electrons. The Morgan fingerprint density at radius 3 is 2.74 bits per heavy atom. The fraction of sp³-hybridized carbons (Fsp3) is 0. The van der Waals surface area contributed by atoms with Crippen LogP contribution in [0.1, 0.15) is 10.4 Å². The van der Waals surface area contributed by atoms with E-state index in [0.717, 1.165) is 6.29 Å². The van der Waals surface area contributed by atoms with E-state index in [1.165, 1.54) is 12.5 Å². The van der Waals surface area contributed by atoms with Gasteiger partial charge in [-0.25, -0.2) is 15.0 Å². The van der Waals surface area contributed by atoms with E-state index < -0.39 is 0 Å². The van der Waals surface area contributed by atoms with Crippen molar-refractivity contribution in [2.45, 2.75) is 0 Å². The number of carbonyl (C=O) groups excluding carboxylic acids is 1. The maximum Gasteiger partial charge on any atom is 0.250 e. The van der Waals surface area contributed by atoms with Gasteiger partial charge in [0.05, 0.1) is 5.56 Å². The molecule has 6 heteroatoms. The summed E-state index contributed by atoms with van der Waals surface area (Å²) in [4.78, 5) is 27.2. The zero-order chi connectivity index (χ0) is 13.1. The Morgan fingerprint density at radius 1 is 1.00 bits per heavy atom. The number of aromatic nitrogens is 4. The third-order valence-electron chi connectivity index (χ3n) is 2.49. The van der Waals surface area contributed by atoms with Crippen LogP contribution in [0, 0.1) is 0 Å². The molecule has 0 bridgehead atoms. The number of rotatable bonds is 3. The van der Waals surface area contributed by atoms with Crippen LogP contribution in [0.3, 0.4) is 0 Å². The Hall–Kier alpha value is -2.89. The molecule has 3 rings (SSSR count). The fourth-order valence-electron chi connectivity index (χ4n) is 1.62. The molecule has 0 aliphatic rings. The van der Waals surface area contributed by atoms with E-state index in [4.69, 9.17) is 4.74 Å². The van der Waals surface area contributed by atoms with Crippen molar-refractivity contribution in [1.29, 1.82) is 0 Å². The summed E-state index contributed by atoms with van der Waals surface area (Å²) in [7, 11) is 0. The van der Waals surface area contributed by atoms with Crippen LogP contribution >= 0.6 is 0 Å². The van der Waals surface area contributed by atoms with E-state index in [-0.39, 0.29) is 5.88 Å². The highest BCUT2D eigenvalue weighted by Crippen LogP contribution is 2.25. The Morgan fingerprint density at radius 2 is 1.84 bits per heavy atom. The molecule has 2 aromatic heterocycles. The molecule has 0 fully saturated rings. The third kappa shape index (κ3) is 2.11.